The van der Waals surface area contributed by atoms with Crippen LogP contribution in [0.3, 0.4) is 0 Å². The van der Waals surface area contributed by atoms with E-state index in [0.29, 0.717) is 26.1 Å². The molecule has 0 saturated heterocycles. The van der Waals surface area contributed by atoms with Gasteiger partial charge >= 0.3 is 5.97 Å². The van der Waals surface area contributed by atoms with Gasteiger partial charge in [0.05, 0.1) is 18.3 Å². The lowest BCUT2D eigenvalue weighted by atomic mass is 9.95. The molecule has 0 amide bonds. The van der Waals surface area contributed by atoms with Gasteiger partial charge in [-0.25, -0.2) is 8.42 Å². The molecule has 0 radical (unpaired) electrons. The Morgan fingerprint density at radius 1 is 0.921 bits per heavy atom. The summed E-state index contributed by atoms with van der Waals surface area (Å²) in [5.74, 6) is 1.02. The highest BCUT2D eigenvalue weighted by Gasteiger charge is 2.44. The SMILES string of the molecule is CCS(=O)(=O)CCCOc1ccc2c(c1)CCCc1ccc(COc3ccc([C@H]4C[C@@H]4C(=O)O)cc3)cc1-2. The molecule has 5 rings (SSSR count). The Kier molecular flexibility index (Phi) is 7.75. The standard InChI is InChI=1S/C31H34O6S/c1-2-38(34,35)16-4-15-36-26-13-14-27-24(18-26)6-3-5-22-8-7-21(17-28(22)27)20-37-25-11-9-23(10-12-25)29-19-30(29)31(32)33/h7-14,17-18,29-30H,2-6,15-16,19-20H2,1H3,(H,32,33)/t29-,30+/m1/s1. The largest absolute Gasteiger partial charge is 0.494 e. The van der Waals surface area contributed by atoms with Crippen molar-refractivity contribution in [3.8, 4) is 22.6 Å². The van der Waals surface area contributed by atoms with Crippen molar-refractivity contribution < 1.29 is 27.8 Å². The summed E-state index contributed by atoms with van der Waals surface area (Å²) in [6.45, 7) is 2.51. The summed E-state index contributed by atoms with van der Waals surface area (Å²) in [6.07, 6.45) is 4.24. The van der Waals surface area contributed by atoms with Crippen LogP contribution in [0.4, 0.5) is 0 Å². The van der Waals surface area contributed by atoms with Crippen LogP contribution in [0, 0.1) is 5.92 Å². The zero-order chi connectivity index (χ0) is 26.7. The van der Waals surface area contributed by atoms with Crippen molar-refractivity contribution >= 4 is 15.8 Å². The molecule has 3 aromatic rings. The predicted octanol–water partition coefficient (Wildman–Crippen LogP) is 5.81. The second-order valence-electron chi connectivity index (χ2n) is 10.2. The number of rotatable bonds is 11. The number of aryl methyl sites for hydroxylation is 2. The number of hydrogen-bond acceptors (Lipinski definition) is 5. The molecule has 0 spiro atoms. The molecule has 7 heteroatoms. The van der Waals surface area contributed by atoms with E-state index in [1.165, 1.54) is 22.3 Å². The van der Waals surface area contributed by atoms with Crippen LogP contribution < -0.4 is 9.47 Å². The van der Waals surface area contributed by atoms with Gasteiger partial charge in [-0.15, -0.1) is 0 Å². The summed E-state index contributed by atoms with van der Waals surface area (Å²) in [7, 11) is -2.97. The number of sulfone groups is 1. The van der Waals surface area contributed by atoms with Gasteiger partial charge in [-0.3, -0.25) is 4.79 Å². The Hall–Kier alpha value is -3.32. The fourth-order valence-electron chi connectivity index (χ4n) is 5.21. The third-order valence-corrected chi connectivity index (χ3v) is 9.35. The van der Waals surface area contributed by atoms with E-state index in [1.54, 1.807) is 6.92 Å². The van der Waals surface area contributed by atoms with E-state index in [-0.39, 0.29) is 23.3 Å². The van der Waals surface area contributed by atoms with E-state index in [0.717, 1.165) is 41.9 Å². The molecule has 1 N–H and O–H groups in total. The molecule has 0 heterocycles. The third-order valence-electron chi connectivity index (χ3n) is 7.56. The third kappa shape index (κ3) is 6.21. The van der Waals surface area contributed by atoms with Crippen LogP contribution in [-0.4, -0.2) is 37.6 Å². The summed E-state index contributed by atoms with van der Waals surface area (Å²) in [5.41, 5.74) is 7.15. The Morgan fingerprint density at radius 3 is 2.42 bits per heavy atom. The maximum Gasteiger partial charge on any atom is 0.307 e. The van der Waals surface area contributed by atoms with Gasteiger partial charge in [0.1, 0.15) is 27.9 Å². The van der Waals surface area contributed by atoms with E-state index >= 15 is 0 Å². The van der Waals surface area contributed by atoms with Gasteiger partial charge in [0.25, 0.3) is 0 Å². The van der Waals surface area contributed by atoms with Crippen LogP contribution in [-0.2, 0) is 34.1 Å². The van der Waals surface area contributed by atoms with E-state index in [9.17, 15) is 13.2 Å². The highest BCUT2D eigenvalue weighted by Crippen LogP contribution is 2.47. The van der Waals surface area contributed by atoms with E-state index in [2.05, 4.69) is 30.3 Å². The molecule has 3 aromatic carbocycles. The molecule has 200 valence electrons. The quantitative estimate of drug-likeness (QED) is 0.312. The normalized spacial score (nSPS) is 18.1. The Bertz CT molecular complexity index is 1410. The zero-order valence-corrected chi connectivity index (χ0v) is 22.5. The molecule has 2 atom stereocenters. The van der Waals surface area contributed by atoms with Crippen LogP contribution in [0.15, 0.2) is 60.7 Å². The van der Waals surface area contributed by atoms with E-state index < -0.39 is 15.8 Å². The highest BCUT2D eigenvalue weighted by molar-refractivity contribution is 7.91. The van der Waals surface area contributed by atoms with Gasteiger partial charge in [0.2, 0.25) is 0 Å². The number of hydrogen-bond donors (Lipinski definition) is 1. The zero-order valence-electron chi connectivity index (χ0n) is 21.7. The molecule has 0 unspecified atom stereocenters. The van der Waals surface area contributed by atoms with Crippen LogP contribution >= 0.6 is 0 Å². The molecule has 1 saturated carbocycles. The lowest BCUT2D eigenvalue weighted by Gasteiger charge is -2.14. The minimum absolute atomic E-state index is 0.120. The predicted molar refractivity (Wildman–Crippen MR) is 148 cm³/mol. The van der Waals surface area contributed by atoms with Gasteiger partial charge in [-0.05, 0) is 102 Å². The lowest BCUT2D eigenvalue weighted by Crippen LogP contribution is -2.11. The fraction of sp³-hybridized carbons (Fsp3) is 0.387. The van der Waals surface area contributed by atoms with Crippen LogP contribution in [0.1, 0.15) is 54.4 Å². The van der Waals surface area contributed by atoms with Crippen LogP contribution in [0.2, 0.25) is 0 Å². The first-order valence-electron chi connectivity index (χ1n) is 13.4. The van der Waals surface area contributed by atoms with Gasteiger partial charge in [0.15, 0.2) is 0 Å². The van der Waals surface area contributed by atoms with Crippen molar-refractivity contribution in [1.29, 1.82) is 0 Å². The van der Waals surface area contributed by atoms with Crippen molar-refractivity contribution in [1.82, 2.24) is 0 Å². The lowest BCUT2D eigenvalue weighted by molar-refractivity contribution is -0.138. The molecule has 2 aliphatic rings. The van der Waals surface area contributed by atoms with E-state index in [1.807, 2.05) is 30.3 Å². The number of ether oxygens (including phenoxy) is 2. The van der Waals surface area contributed by atoms with Crippen molar-refractivity contribution in [2.75, 3.05) is 18.1 Å². The number of carbonyl (C=O) groups is 1. The van der Waals surface area contributed by atoms with Gasteiger partial charge in [-0.2, -0.15) is 0 Å². The molecular formula is C31H34O6S. The summed E-state index contributed by atoms with van der Waals surface area (Å²) in [6, 6.07) is 20.5. The molecule has 2 aliphatic carbocycles. The molecule has 6 nitrogen and oxygen atoms in total. The minimum Gasteiger partial charge on any atom is -0.494 e. The topological polar surface area (TPSA) is 89.9 Å². The van der Waals surface area contributed by atoms with Gasteiger partial charge in [0, 0.05) is 5.75 Å². The van der Waals surface area contributed by atoms with Crippen molar-refractivity contribution in [2.45, 2.75) is 51.6 Å². The number of aliphatic carboxylic acids is 1. The fourth-order valence-corrected chi connectivity index (χ4v) is 6.05. The first kappa shape index (κ1) is 26.3. The number of carboxylic acid groups (broad SMARTS) is 1. The molecule has 38 heavy (non-hydrogen) atoms. The summed E-state index contributed by atoms with van der Waals surface area (Å²) < 4.78 is 35.3. The van der Waals surface area contributed by atoms with Gasteiger partial charge < -0.3 is 14.6 Å². The molecule has 0 bridgehead atoms. The van der Waals surface area contributed by atoms with Crippen molar-refractivity contribution in [2.24, 2.45) is 5.92 Å². The maximum atomic E-state index is 11.7. The van der Waals surface area contributed by atoms with Crippen LogP contribution in [0.5, 0.6) is 11.5 Å². The van der Waals surface area contributed by atoms with E-state index in [4.69, 9.17) is 14.6 Å². The second kappa shape index (κ2) is 11.2. The molecular weight excluding hydrogens is 500 g/mol. The maximum absolute atomic E-state index is 11.7. The average molecular weight is 535 g/mol. The van der Waals surface area contributed by atoms with Crippen molar-refractivity contribution in [3.63, 3.8) is 0 Å². The Balaban J connectivity index is 1.23. The second-order valence-corrected chi connectivity index (χ2v) is 12.7. The number of benzene rings is 3. The highest BCUT2D eigenvalue weighted by atomic mass is 32.2. The minimum atomic E-state index is -2.97. The molecule has 0 aliphatic heterocycles. The number of carboxylic acids is 1. The number of fused-ring (bicyclic) bond motifs is 3. The smallest absolute Gasteiger partial charge is 0.307 e. The van der Waals surface area contributed by atoms with Gasteiger partial charge in [-0.1, -0.05) is 37.3 Å². The molecule has 1 fully saturated rings. The summed E-state index contributed by atoms with van der Waals surface area (Å²) in [4.78, 5) is 11.1. The average Bonchev–Trinajstić information content (AvgIpc) is 3.74. The first-order chi connectivity index (χ1) is 18.3. The monoisotopic (exact) mass is 534 g/mol. The summed E-state index contributed by atoms with van der Waals surface area (Å²) in [5, 5.41) is 9.15. The molecule has 0 aromatic heterocycles. The first-order valence-corrected chi connectivity index (χ1v) is 15.2. The van der Waals surface area contributed by atoms with Crippen molar-refractivity contribution in [3.05, 3.63) is 82.9 Å². The Morgan fingerprint density at radius 2 is 1.68 bits per heavy atom. The Labute approximate surface area is 224 Å². The van der Waals surface area contributed by atoms with Crippen LogP contribution in [0.25, 0.3) is 11.1 Å². The summed E-state index contributed by atoms with van der Waals surface area (Å²) >= 11 is 0.